The Bertz CT molecular complexity index is 1400. The summed E-state index contributed by atoms with van der Waals surface area (Å²) in [7, 11) is 1.57. The van der Waals surface area contributed by atoms with Crippen molar-refractivity contribution in [1.29, 1.82) is 0 Å². The number of nitro groups is 1. The molecule has 4 rings (SSSR count). The van der Waals surface area contributed by atoms with E-state index in [4.69, 9.17) is 9.47 Å². The normalized spacial score (nSPS) is 10.8. The smallest absolute Gasteiger partial charge is 0.269 e. The van der Waals surface area contributed by atoms with Crippen molar-refractivity contribution in [2.24, 2.45) is 0 Å². The third-order valence-corrected chi connectivity index (χ3v) is 5.20. The zero-order chi connectivity index (χ0) is 24.8. The van der Waals surface area contributed by atoms with Gasteiger partial charge in [-0.3, -0.25) is 24.3 Å². The highest BCUT2D eigenvalue weighted by molar-refractivity contribution is 5.77. The molecule has 2 aromatic heterocycles. The van der Waals surface area contributed by atoms with E-state index < -0.39 is 4.92 Å². The van der Waals surface area contributed by atoms with Crippen molar-refractivity contribution in [3.8, 4) is 11.5 Å². The SMILES string of the molecule is COc1ccc(OCC(=O)NCCn2ncc3c(=O)n(Cc4ccc([N+](=O)[O-])cc4)cnc32)cc1. The lowest BCUT2D eigenvalue weighted by molar-refractivity contribution is -0.384. The molecule has 12 heteroatoms. The van der Waals surface area contributed by atoms with Crippen LogP contribution >= 0.6 is 0 Å². The number of nitrogens with one attached hydrogen (secondary N) is 1. The van der Waals surface area contributed by atoms with Gasteiger partial charge in [0.15, 0.2) is 12.3 Å². The van der Waals surface area contributed by atoms with E-state index in [1.54, 1.807) is 43.5 Å². The molecule has 12 nitrogen and oxygen atoms in total. The predicted octanol–water partition coefficient (Wildman–Crippen LogP) is 1.75. The zero-order valence-corrected chi connectivity index (χ0v) is 18.8. The number of carbonyl (C=O) groups is 1. The molecule has 0 atom stereocenters. The lowest BCUT2D eigenvalue weighted by Crippen LogP contribution is -2.31. The lowest BCUT2D eigenvalue weighted by atomic mass is 10.2. The third-order valence-electron chi connectivity index (χ3n) is 5.20. The number of aromatic nitrogens is 4. The highest BCUT2D eigenvalue weighted by Crippen LogP contribution is 2.17. The van der Waals surface area contributed by atoms with E-state index in [9.17, 15) is 19.7 Å². The lowest BCUT2D eigenvalue weighted by Gasteiger charge is -2.09. The molecule has 0 saturated carbocycles. The number of fused-ring (bicyclic) bond motifs is 1. The Morgan fingerprint density at radius 2 is 1.83 bits per heavy atom. The van der Waals surface area contributed by atoms with Crippen LogP contribution in [0.1, 0.15) is 5.56 Å². The second-order valence-electron chi connectivity index (χ2n) is 7.52. The van der Waals surface area contributed by atoms with Crippen LogP contribution in [0.4, 0.5) is 5.69 Å². The third kappa shape index (κ3) is 5.61. The van der Waals surface area contributed by atoms with Crippen LogP contribution in [0.2, 0.25) is 0 Å². The van der Waals surface area contributed by atoms with Gasteiger partial charge in [0.2, 0.25) is 0 Å². The quantitative estimate of drug-likeness (QED) is 0.268. The summed E-state index contributed by atoms with van der Waals surface area (Å²) in [5, 5.41) is 18.1. The van der Waals surface area contributed by atoms with Crippen LogP contribution in [0.5, 0.6) is 11.5 Å². The highest BCUT2D eigenvalue weighted by Gasteiger charge is 2.12. The van der Waals surface area contributed by atoms with Crippen LogP contribution in [-0.2, 0) is 17.9 Å². The van der Waals surface area contributed by atoms with E-state index in [1.807, 2.05) is 0 Å². The van der Waals surface area contributed by atoms with E-state index in [2.05, 4.69) is 15.4 Å². The number of non-ortho nitro benzene ring substituents is 1. The number of nitro benzene ring substituents is 1. The fraction of sp³-hybridized carbons (Fsp3) is 0.217. The number of hydrogen-bond donors (Lipinski definition) is 1. The standard InChI is InChI=1S/C23H22N6O6/c1-34-18-6-8-19(9-7-18)35-14-21(30)24-10-11-28-22-20(12-26-28)23(31)27(15-25-22)13-16-2-4-17(5-3-16)29(32)33/h2-9,12,15H,10-11,13-14H2,1H3,(H,24,30). The number of benzene rings is 2. The van der Waals surface area contributed by atoms with Gasteiger partial charge in [0.25, 0.3) is 17.2 Å². The van der Waals surface area contributed by atoms with Gasteiger partial charge in [-0.05, 0) is 29.8 Å². The van der Waals surface area contributed by atoms with Crippen molar-refractivity contribution in [3.05, 3.63) is 87.1 Å². The highest BCUT2D eigenvalue weighted by atomic mass is 16.6. The van der Waals surface area contributed by atoms with Gasteiger partial charge in [-0.25, -0.2) is 9.67 Å². The number of rotatable bonds is 10. The van der Waals surface area contributed by atoms with Crippen LogP contribution in [0, 0.1) is 10.1 Å². The zero-order valence-electron chi connectivity index (χ0n) is 18.8. The van der Waals surface area contributed by atoms with E-state index >= 15 is 0 Å². The summed E-state index contributed by atoms with van der Waals surface area (Å²) in [5.74, 6) is 0.948. The Morgan fingerprint density at radius 1 is 1.11 bits per heavy atom. The molecule has 4 aromatic rings. The molecule has 0 aliphatic heterocycles. The maximum Gasteiger partial charge on any atom is 0.269 e. The molecular weight excluding hydrogens is 456 g/mol. The number of amides is 1. The molecule has 2 heterocycles. The molecule has 0 bridgehead atoms. The summed E-state index contributed by atoms with van der Waals surface area (Å²) in [5.41, 5.74) is 0.830. The molecule has 0 spiro atoms. The molecule has 180 valence electrons. The number of hydrogen-bond acceptors (Lipinski definition) is 8. The Balaban J connectivity index is 1.32. The first kappa shape index (κ1) is 23.4. The Hall–Kier alpha value is -4.74. The van der Waals surface area contributed by atoms with Crippen LogP contribution in [0.25, 0.3) is 11.0 Å². The second kappa shape index (κ2) is 10.5. The van der Waals surface area contributed by atoms with Crippen molar-refractivity contribution in [1.82, 2.24) is 24.6 Å². The fourth-order valence-corrected chi connectivity index (χ4v) is 3.37. The van der Waals surface area contributed by atoms with Crippen LogP contribution < -0.4 is 20.3 Å². The topological polar surface area (TPSA) is 143 Å². The van der Waals surface area contributed by atoms with E-state index in [0.717, 1.165) is 5.56 Å². The molecule has 2 aromatic carbocycles. The van der Waals surface area contributed by atoms with E-state index in [1.165, 1.54) is 33.9 Å². The maximum absolute atomic E-state index is 12.8. The van der Waals surface area contributed by atoms with Gasteiger partial charge in [-0.1, -0.05) is 12.1 Å². The van der Waals surface area contributed by atoms with Crippen LogP contribution in [0.3, 0.4) is 0 Å². The molecule has 0 radical (unpaired) electrons. The first-order valence-corrected chi connectivity index (χ1v) is 10.6. The average molecular weight is 478 g/mol. The Morgan fingerprint density at radius 3 is 2.51 bits per heavy atom. The maximum atomic E-state index is 12.8. The number of ether oxygens (including phenoxy) is 2. The monoisotopic (exact) mass is 478 g/mol. The Kier molecular flexibility index (Phi) is 7.00. The molecule has 0 aliphatic rings. The largest absolute Gasteiger partial charge is 0.497 e. The van der Waals surface area contributed by atoms with Crippen LogP contribution in [-0.4, -0.2) is 50.4 Å². The van der Waals surface area contributed by atoms with Gasteiger partial charge in [-0.15, -0.1) is 0 Å². The summed E-state index contributed by atoms with van der Waals surface area (Å²) in [6, 6.07) is 12.9. The van der Waals surface area contributed by atoms with Crippen molar-refractivity contribution in [2.75, 3.05) is 20.3 Å². The van der Waals surface area contributed by atoms with Gasteiger partial charge in [0.1, 0.15) is 23.2 Å². The van der Waals surface area contributed by atoms with Crippen molar-refractivity contribution < 1.29 is 19.2 Å². The minimum atomic E-state index is -0.478. The molecule has 1 N–H and O–H groups in total. The summed E-state index contributed by atoms with van der Waals surface area (Å²) in [4.78, 5) is 39.6. The molecule has 1 amide bonds. The van der Waals surface area contributed by atoms with E-state index in [0.29, 0.717) is 29.1 Å². The fourth-order valence-electron chi connectivity index (χ4n) is 3.37. The average Bonchev–Trinajstić information content (AvgIpc) is 3.29. The summed E-state index contributed by atoms with van der Waals surface area (Å²) in [6.45, 7) is 0.665. The van der Waals surface area contributed by atoms with Crippen LogP contribution in [0.15, 0.2) is 65.8 Å². The first-order valence-electron chi connectivity index (χ1n) is 10.6. The Labute approximate surface area is 198 Å². The molecule has 0 fully saturated rings. The van der Waals surface area contributed by atoms with Gasteiger partial charge >= 0.3 is 0 Å². The van der Waals surface area contributed by atoms with Gasteiger partial charge in [-0.2, -0.15) is 5.10 Å². The minimum absolute atomic E-state index is 0.0182. The van der Waals surface area contributed by atoms with E-state index in [-0.39, 0.29) is 36.9 Å². The van der Waals surface area contributed by atoms with Gasteiger partial charge in [0, 0.05) is 18.7 Å². The molecular formula is C23H22N6O6. The minimum Gasteiger partial charge on any atom is -0.497 e. The molecule has 0 aliphatic carbocycles. The number of carbonyl (C=O) groups excluding carboxylic acids is 1. The number of nitrogens with zero attached hydrogens (tertiary/aromatic N) is 5. The molecule has 35 heavy (non-hydrogen) atoms. The van der Waals surface area contributed by atoms with Crippen molar-refractivity contribution >= 4 is 22.6 Å². The van der Waals surface area contributed by atoms with Crippen molar-refractivity contribution in [2.45, 2.75) is 13.1 Å². The number of methoxy groups -OCH3 is 1. The molecule has 0 unspecified atom stereocenters. The molecule has 0 saturated heterocycles. The van der Waals surface area contributed by atoms with Gasteiger partial charge in [0.05, 0.1) is 31.3 Å². The predicted molar refractivity (Wildman–Crippen MR) is 125 cm³/mol. The summed E-state index contributed by atoms with van der Waals surface area (Å²) < 4.78 is 13.5. The first-order chi connectivity index (χ1) is 16.9. The summed E-state index contributed by atoms with van der Waals surface area (Å²) in [6.07, 6.45) is 2.84. The second-order valence-corrected chi connectivity index (χ2v) is 7.52. The van der Waals surface area contributed by atoms with Crippen molar-refractivity contribution in [3.63, 3.8) is 0 Å². The van der Waals surface area contributed by atoms with Gasteiger partial charge < -0.3 is 14.8 Å². The summed E-state index contributed by atoms with van der Waals surface area (Å²) >= 11 is 0.